The minimum atomic E-state index is 0.333. The van der Waals surface area contributed by atoms with E-state index in [4.69, 9.17) is 0 Å². The number of fused-ring (bicyclic) bond motifs is 1. The van der Waals surface area contributed by atoms with Crippen LogP contribution in [-0.2, 0) is 5.41 Å². The Morgan fingerprint density at radius 3 is 2.84 bits per heavy atom. The van der Waals surface area contributed by atoms with E-state index in [1.165, 1.54) is 29.7 Å². The average Bonchev–Trinajstić information content (AvgIpc) is 2.38. The molecule has 0 saturated carbocycles. The summed E-state index contributed by atoms with van der Waals surface area (Å²) in [6.07, 6.45) is 4.73. The van der Waals surface area contributed by atoms with E-state index >= 15 is 0 Å². The van der Waals surface area contributed by atoms with Crippen molar-refractivity contribution in [3.05, 3.63) is 35.4 Å². The van der Waals surface area contributed by atoms with E-state index in [1.807, 2.05) is 11.8 Å². The van der Waals surface area contributed by atoms with Crippen molar-refractivity contribution in [1.82, 2.24) is 5.32 Å². The molecule has 2 atom stereocenters. The molecular formula is C17H27NS. The number of hydrogen-bond acceptors (Lipinski definition) is 2. The van der Waals surface area contributed by atoms with Crippen molar-refractivity contribution >= 4 is 11.8 Å². The first-order chi connectivity index (χ1) is 9.04. The number of rotatable bonds is 5. The predicted octanol–water partition coefficient (Wildman–Crippen LogP) is 4.39. The lowest BCUT2D eigenvalue weighted by Gasteiger charge is -2.37. The molecule has 106 valence electrons. The molecule has 0 amide bonds. The second kappa shape index (κ2) is 6.32. The highest BCUT2D eigenvalue weighted by atomic mass is 32.2. The van der Waals surface area contributed by atoms with Crippen LogP contribution in [0.4, 0.5) is 0 Å². The van der Waals surface area contributed by atoms with Gasteiger partial charge in [0.25, 0.3) is 0 Å². The molecule has 1 aliphatic rings. The van der Waals surface area contributed by atoms with Crippen LogP contribution < -0.4 is 5.32 Å². The lowest BCUT2D eigenvalue weighted by molar-refractivity contribution is 0.349. The first kappa shape index (κ1) is 14.9. The van der Waals surface area contributed by atoms with E-state index in [0.717, 1.165) is 12.5 Å². The molecule has 1 aromatic carbocycles. The fourth-order valence-corrected chi connectivity index (χ4v) is 3.80. The van der Waals surface area contributed by atoms with Gasteiger partial charge in [-0.2, -0.15) is 11.8 Å². The summed E-state index contributed by atoms with van der Waals surface area (Å²) in [7, 11) is 0. The van der Waals surface area contributed by atoms with Crippen LogP contribution in [0.15, 0.2) is 24.3 Å². The summed E-state index contributed by atoms with van der Waals surface area (Å²) in [5.74, 6) is 1.99. The molecule has 0 spiro atoms. The molecule has 1 aliphatic carbocycles. The van der Waals surface area contributed by atoms with Gasteiger partial charge in [-0.25, -0.2) is 0 Å². The maximum atomic E-state index is 3.79. The third-order valence-corrected chi connectivity index (χ3v) is 5.19. The summed E-state index contributed by atoms with van der Waals surface area (Å²) in [6.45, 7) is 8.21. The van der Waals surface area contributed by atoms with Crippen LogP contribution in [0.2, 0.25) is 0 Å². The molecule has 0 aromatic heterocycles. The standard InChI is InChI=1S/C17H27NS/c1-13(12-19-4)11-18-16-9-10-17(2,3)15-8-6-5-7-14(15)16/h5-8,13,16,18H,9-12H2,1-4H3. The molecule has 0 saturated heterocycles. The van der Waals surface area contributed by atoms with Crippen molar-refractivity contribution in [3.8, 4) is 0 Å². The quantitative estimate of drug-likeness (QED) is 0.857. The Balaban J connectivity index is 2.08. The van der Waals surface area contributed by atoms with Crippen LogP contribution in [-0.4, -0.2) is 18.6 Å². The molecule has 19 heavy (non-hydrogen) atoms. The summed E-state index contributed by atoms with van der Waals surface area (Å²) in [6, 6.07) is 9.54. The molecule has 2 unspecified atom stereocenters. The minimum Gasteiger partial charge on any atom is -0.310 e. The van der Waals surface area contributed by atoms with Gasteiger partial charge in [0.2, 0.25) is 0 Å². The largest absolute Gasteiger partial charge is 0.310 e. The van der Waals surface area contributed by atoms with E-state index in [2.05, 4.69) is 56.6 Å². The number of hydrogen-bond donors (Lipinski definition) is 1. The van der Waals surface area contributed by atoms with E-state index in [-0.39, 0.29) is 0 Å². The van der Waals surface area contributed by atoms with Gasteiger partial charge < -0.3 is 5.32 Å². The first-order valence-corrected chi connectivity index (χ1v) is 8.75. The van der Waals surface area contributed by atoms with Crippen LogP contribution in [0.25, 0.3) is 0 Å². The maximum Gasteiger partial charge on any atom is 0.0323 e. The summed E-state index contributed by atoms with van der Waals surface area (Å²) in [5.41, 5.74) is 3.39. The van der Waals surface area contributed by atoms with Gasteiger partial charge in [0, 0.05) is 6.04 Å². The second-order valence-electron chi connectivity index (χ2n) is 6.53. The third kappa shape index (κ3) is 3.55. The Morgan fingerprint density at radius 2 is 2.11 bits per heavy atom. The van der Waals surface area contributed by atoms with Gasteiger partial charge in [-0.05, 0) is 53.9 Å². The Labute approximate surface area is 122 Å². The van der Waals surface area contributed by atoms with E-state index in [9.17, 15) is 0 Å². The van der Waals surface area contributed by atoms with Gasteiger partial charge >= 0.3 is 0 Å². The van der Waals surface area contributed by atoms with Gasteiger partial charge in [-0.3, -0.25) is 0 Å². The summed E-state index contributed by atoms with van der Waals surface area (Å²) in [4.78, 5) is 0. The van der Waals surface area contributed by atoms with Crippen LogP contribution in [0, 0.1) is 5.92 Å². The van der Waals surface area contributed by atoms with Gasteiger partial charge in [-0.15, -0.1) is 0 Å². The number of thioether (sulfide) groups is 1. The monoisotopic (exact) mass is 277 g/mol. The van der Waals surface area contributed by atoms with Crippen molar-refractivity contribution in [3.63, 3.8) is 0 Å². The third-order valence-electron chi connectivity index (χ3n) is 4.29. The van der Waals surface area contributed by atoms with Gasteiger partial charge in [0.05, 0.1) is 0 Å². The lowest BCUT2D eigenvalue weighted by atomic mass is 9.71. The van der Waals surface area contributed by atoms with Crippen LogP contribution in [0.5, 0.6) is 0 Å². The Kier molecular flexibility index (Phi) is 4.97. The normalized spacial score (nSPS) is 22.8. The van der Waals surface area contributed by atoms with E-state index in [0.29, 0.717) is 11.5 Å². The molecule has 0 fully saturated rings. The van der Waals surface area contributed by atoms with E-state index < -0.39 is 0 Å². The van der Waals surface area contributed by atoms with Crippen molar-refractivity contribution in [2.24, 2.45) is 5.92 Å². The lowest BCUT2D eigenvalue weighted by Crippen LogP contribution is -2.34. The molecule has 0 radical (unpaired) electrons. The molecule has 2 heteroatoms. The van der Waals surface area contributed by atoms with Crippen molar-refractivity contribution in [1.29, 1.82) is 0 Å². The Morgan fingerprint density at radius 1 is 1.37 bits per heavy atom. The fourth-order valence-electron chi connectivity index (χ4n) is 3.11. The van der Waals surface area contributed by atoms with E-state index in [1.54, 1.807) is 0 Å². The molecule has 1 aromatic rings. The Bertz CT molecular complexity index is 413. The molecule has 0 heterocycles. The zero-order valence-corrected chi connectivity index (χ0v) is 13.5. The van der Waals surface area contributed by atoms with Crippen LogP contribution in [0.3, 0.4) is 0 Å². The number of nitrogens with one attached hydrogen (secondary N) is 1. The maximum absolute atomic E-state index is 3.79. The minimum absolute atomic E-state index is 0.333. The highest BCUT2D eigenvalue weighted by molar-refractivity contribution is 7.98. The fraction of sp³-hybridized carbons (Fsp3) is 0.647. The highest BCUT2D eigenvalue weighted by Gasteiger charge is 2.31. The summed E-state index contributed by atoms with van der Waals surface area (Å²) >= 11 is 1.94. The molecule has 1 nitrogen and oxygen atoms in total. The van der Waals surface area contributed by atoms with Crippen molar-refractivity contribution < 1.29 is 0 Å². The summed E-state index contributed by atoms with van der Waals surface area (Å²) < 4.78 is 0. The molecule has 1 N–H and O–H groups in total. The van der Waals surface area contributed by atoms with Crippen LogP contribution >= 0.6 is 11.8 Å². The highest BCUT2D eigenvalue weighted by Crippen LogP contribution is 2.41. The van der Waals surface area contributed by atoms with Crippen molar-refractivity contribution in [2.45, 2.75) is 45.1 Å². The Hall–Kier alpha value is -0.470. The predicted molar refractivity (Wildman–Crippen MR) is 87.0 cm³/mol. The zero-order valence-electron chi connectivity index (χ0n) is 12.7. The van der Waals surface area contributed by atoms with Crippen molar-refractivity contribution in [2.75, 3.05) is 18.6 Å². The molecule has 2 rings (SSSR count). The molecule has 0 aliphatic heterocycles. The SMILES string of the molecule is CSCC(C)CNC1CCC(C)(C)c2ccccc21. The topological polar surface area (TPSA) is 12.0 Å². The van der Waals surface area contributed by atoms with Gasteiger partial charge in [-0.1, -0.05) is 45.0 Å². The second-order valence-corrected chi connectivity index (χ2v) is 7.44. The zero-order chi connectivity index (χ0) is 13.9. The number of benzene rings is 1. The average molecular weight is 277 g/mol. The van der Waals surface area contributed by atoms with Crippen LogP contribution in [0.1, 0.15) is 50.8 Å². The van der Waals surface area contributed by atoms with Gasteiger partial charge in [0.1, 0.15) is 0 Å². The molecular weight excluding hydrogens is 250 g/mol. The smallest absolute Gasteiger partial charge is 0.0323 e. The van der Waals surface area contributed by atoms with Gasteiger partial charge in [0.15, 0.2) is 0 Å². The molecule has 0 bridgehead atoms. The first-order valence-electron chi connectivity index (χ1n) is 7.36. The summed E-state index contributed by atoms with van der Waals surface area (Å²) in [5, 5.41) is 3.79.